The predicted molar refractivity (Wildman–Crippen MR) is 71.3 cm³/mol. The molecule has 0 radical (unpaired) electrons. The van der Waals surface area contributed by atoms with Gasteiger partial charge in [0.2, 0.25) is 0 Å². The van der Waals surface area contributed by atoms with E-state index in [4.69, 9.17) is 15.7 Å². The Bertz CT molecular complexity index is 690. The lowest BCUT2D eigenvalue weighted by atomic mass is 10.1. The monoisotopic (exact) mass is 292 g/mol. The number of nitrogen functional groups attached to an aromatic ring is 1. The Morgan fingerprint density at radius 2 is 1.90 bits per heavy atom. The first-order valence-corrected chi connectivity index (χ1v) is 5.98. The summed E-state index contributed by atoms with van der Waals surface area (Å²) in [5.41, 5.74) is 5.87. The summed E-state index contributed by atoms with van der Waals surface area (Å²) in [6.07, 6.45) is -4.44. The smallest absolute Gasteiger partial charge is 0.416 e. The van der Waals surface area contributed by atoms with E-state index >= 15 is 0 Å². The zero-order chi connectivity index (χ0) is 15.5. The summed E-state index contributed by atoms with van der Waals surface area (Å²) < 4.78 is 42.9. The van der Waals surface area contributed by atoms with Gasteiger partial charge in [0.05, 0.1) is 22.9 Å². The average molecular weight is 292 g/mol. The number of nitrogens with zero attached hydrogens (tertiary/aromatic N) is 1. The van der Waals surface area contributed by atoms with Crippen LogP contribution < -0.4 is 10.5 Å². The molecule has 2 rings (SSSR count). The number of alkyl halides is 3. The SMILES string of the molecule is N#Cc1cccc(COc2ccc(C(F)(F)F)cc2N)c1. The van der Waals surface area contributed by atoms with Gasteiger partial charge in [-0.1, -0.05) is 12.1 Å². The molecule has 0 saturated heterocycles. The fourth-order valence-electron chi connectivity index (χ4n) is 1.75. The second-order valence-corrected chi connectivity index (χ2v) is 4.35. The molecular weight excluding hydrogens is 281 g/mol. The van der Waals surface area contributed by atoms with Crippen LogP contribution in [0.4, 0.5) is 18.9 Å². The van der Waals surface area contributed by atoms with Gasteiger partial charge in [0.25, 0.3) is 0 Å². The summed E-state index contributed by atoms with van der Waals surface area (Å²) in [4.78, 5) is 0. The summed E-state index contributed by atoms with van der Waals surface area (Å²) in [5.74, 6) is 0.172. The number of ether oxygens (including phenoxy) is 1. The van der Waals surface area contributed by atoms with Crippen molar-refractivity contribution in [1.29, 1.82) is 5.26 Å². The van der Waals surface area contributed by atoms with E-state index in [0.29, 0.717) is 5.56 Å². The van der Waals surface area contributed by atoms with Crippen LogP contribution in [0.3, 0.4) is 0 Å². The molecule has 3 nitrogen and oxygen atoms in total. The molecule has 108 valence electrons. The van der Waals surface area contributed by atoms with Crippen molar-refractivity contribution in [2.75, 3.05) is 5.73 Å². The fourth-order valence-corrected chi connectivity index (χ4v) is 1.75. The average Bonchev–Trinajstić information content (AvgIpc) is 2.45. The minimum atomic E-state index is -4.44. The van der Waals surface area contributed by atoms with Crippen LogP contribution in [0.15, 0.2) is 42.5 Å². The van der Waals surface area contributed by atoms with E-state index in [-0.39, 0.29) is 18.0 Å². The first-order valence-electron chi connectivity index (χ1n) is 5.98. The summed E-state index contributed by atoms with van der Waals surface area (Å²) in [6.45, 7) is 0.116. The van der Waals surface area contributed by atoms with E-state index in [1.807, 2.05) is 6.07 Å². The normalized spacial score (nSPS) is 11.0. The molecule has 0 aromatic heterocycles. The van der Waals surface area contributed by atoms with Crippen molar-refractivity contribution in [1.82, 2.24) is 0 Å². The van der Waals surface area contributed by atoms with Crippen LogP contribution in [-0.4, -0.2) is 0 Å². The Morgan fingerprint density at radius 3 is 2.52 bits per heavy atom. The molecule has 0 amide bonds. The maximum absolute atomic E-state index is 12.5. The molecule has 0 fully saturated rings. The molecule has 0 aliphatic heterocycles. The van der Waals surface area contributed by atoms with Crippen LogP contribution in [0.25, 0.3) is 0 Å². The molecule has 2 N–H and O–H groups in total. The highest BCUT2D eigenvalue weighted by atomic mass is 19.4. The van der Waals surface area contributed by atoms with E-state index in [9.17, 15) is 13.2 Å². The van der Waals surface area contributed by atoms with Gasteiger partial charge < -0.3 is 10.5 Å². The third-order valence-electron chi connectivity index (χ3n) is 2.79. The van der Waals surface area contributed by atoms with Gasteiger partial charge >= 0.3 is 6.18 Å². The summed E-state index contributed by atoms with van der Waals surface area (Å²) in [7, 11) is 0. The number of hydrogen-bond acceptors (Lipinski definition) is 3. The van der Waals surface area contributed by atoms with Gasteiger partial charge in [-0.15, -0.1) is 0 Å². The summed E-state index contributed by atoms with van der Waals surface area (Å²) in [6, 6.07) is 11.7. The van der Waals surface area contributed by atoms with Gasteiger partial charge in [0.1, 0.15) is 12.4 Å². The molecule has 0 spiro atoms. The van der Waals surface area contributed by atoms with Crippen LogP contribution in [0.1, 0.15) is 16.7 Å². The minimum absolute atomic E-state index is 0.0822. The van der Waals surface area contributed by atoms with Crippen LogP contribution in [-0.2, 0) is 12.8 Å². The second kappa shape index (κ2) is 5.75. The topological polar surface area (TPSA) is 59.0 Å². The fraction of sp³-hybridized carbons (Fsp3) is 0.133. The predicted octanol–water partition coefficient (Wildman–Crippen LogP) is 3.74. The van der Waals surface area contributed by atoms with Gasteiger partial charge in [-0.25, -0.2) is 0 Å². The summed E-state index contributed by atoms with van der Waals surface area (Å²) >= 11 is 0. The molecule has 0 unspecified atom stereocenters. The quantitative estimate of drug-likeness (QED) is 0.877. The number of nitriles is 1. The molecule has 0 aliphatic carbocycles. The zero-order valence-corrected chi connectivity index (χ0v) is 10.8. The van der Waals surface area contributed by atoms with Gasteiger partial charge in [-0.2, -0.15) is 18.4 Å². The number of halogens is 3. The number of rotatable bonds is 3. The first kappa shape index (κ1) is 14.7. The molecule has 0 saturated carbocycles. The third kappa shape index (κ3) is 3.66. The lowest BCUT2D eigenvalue weighted by Crippen LogP contribution is -2.06. The van der Waals surface area contributed by atoms with Gasteiger partial charge in [0, 0.05) is 0 Å². The molecule has 2 aromatic rings. The van der Waals surface area contributed by atoms with E-state index in [1.165, 1.54) is 6.07 Å². The molecule has 0 aliphatic rings. The maximum atomic E-state index is 12.5. The largest absolute Gasteiger partial charge is 0.487 e. The number of nitrogens with two attached hydrogens (primary N) is 1. The highest BCUT2D eigenvalue weighted by molar-refractivity contribution is 5.54. The molecule has 0 bridgehead atoms. The highest BCUT2D eigenvalue weighted by Gasteiger charge is 2.30. The van der Waals surface area contributed by atoms with E-state index in [0.717, 1.165) is 17.7 Å². The lowest BCUT2D eigenvalue weighted by Gasteiger charge is -2.12. The van der Waals surface area contributed by atoms with Gasteiger partial charge in [0.15, 0.2) is 0 Å². The molecule has 2 aromatic carbocycles. The molecule has 6 heteroatoms. The number of anilines is 1. The standard InChI is InChI=1S/C15H11F3N2O/c16-15(17,18)12-4-5-14(13(20)7-12)21-9-11-3-1-2-10(6-11)8-19/h1-7H,9,20H2. The first-order chi connectivity index (χ1) is 9.90. The Morgan fingerprint density at radius 1 is 1.14 bits per heavy atom. The molecule has 21 heavy (non-hydrogen) atoms. The zero-order valence-electron chi connectivity index (χ0n) is 10.8. The van der Waals surface area contributed by atoms with E-state index in [2.05, 4.69) is 0 Å². The Hall–Kier alpha value is -2.68. The number of benzene rings is 2. The molecule has 0 heterocycles. The highest BCUT2D eigenvalue weighted by Crippen LogP contribution is 2.33. The third-order valence-corrected chi connectivity index (χ3v) is 2.79. The van der Waals surface area contributed by atoms with Gasteiger partial charge in [-0.05, 0) is 35.9 Å². The van der Waals surface area contributed by atoms with Crippen molar-refractivity contribution < 1.29 is 17.9 Å². The molecular formula is C15H11F3N2O. The van der Waals surface area contributed by atoms with E-state index < -0.39 is 11.7 Å². The van der Waals surface area contributed by atoms with Crippen molar-refractivity contribution in [3.8, 4) is 11.8 Å². The Labute approximate surface area is 119 Å². The Balaban J connectivity index is 2.12. The molecule has 0 atom stereocenters. The lowest BCUT2D eigenvalue weighted by molar-refractivity contribution is -0.137. The van der Waals surface area contributed by atoms with Crippen LogP contribution in [0, 0.1) is 11.3 Å². The van der Waals surface area contributed by atoms with Crippen molar-refractivity contribution in [2.45, 2.75) is 12.8 Å². The Kier molecular flexibility index (Phi) is 4.03. The van der Waals surface area contributed by atoms with Crippen LogP contribution in [0.2, 0.25) is 0 Å². The van der Waals surface area contributed by atoms with Crippen molar-refractivity contribution in [3.63, 3.8) is 0 Å². The van der Waals surface area contributed by atoms with Crippen molar-refractivity contribution in [3.05, 3.63) is 59.2 Å². The van der Waals surface area contributed by atoms with Crippen molar-refractivity contribution in [2.24, 2.45) is 0 Å². The van der Waals surface area contributed by atoms with Crippen LogP contribution >= 0.6 is 0 Å². The maximum Gasteiger partial charge on any atom is 0.416 e. The number of hydrogen-bond donors (Lipinski definition) is 1. The van der Waals surface area contributed by atoms with Gasteiger partial charge in [-0.3, -0.25) is 0 Å². The van der Waals surface area contributed by atoms with Crippen LogP contribution in [0.5, 0.6) is 5.75 Å². The van der Waals surface area contributed by atoms with Crippen molar-refractivity contribution >= 4 is 5.69 Å². The van der Waals surface area contributed by atoms with E-state index in [1.54, 1.807) is 24.3 Å². The summed E-state index contributed by atoms with van der Waals surface area (Å²) in [5, 5.41) is 8.78. The second-order valence-electron chi connectivity index (χ2n) is 4.35. The minimum Gasteiger partial charge on any atom is -0.487 e.